The van der Waals surface area contributed by atoms with E-state index in [1.165, 1.54) is 58.4 Å². The number of nitriles is 1. The Bertz CT molecular complexity index is 365. The fraction of sp³-hybridized carbons (Fsp3) is 0.938. The van der Waals surface area contributed by atoms with Gasteiger partial charge in [0.2, 0.25) is 0 Å². The standard InChI is InChI=1S/C16H28N4/c1-2-7-19-8-10-20(11-9-19)15-5-6-16(12-15,13-17)18-14-3-4-14/h14-15,18H,2-12H2,1H3. The first-order valence-corrected chi connectivity index (χ1v) is 8.40. The number of hydrogen-bond donors (Lipinski definition) is 1. The van der Waals surface area contributed by atoms with Crippen LogP contribution in [0.1, 0.15) is 45.4 Å². The summed E-state index contributed by atoms with van der Waals surface area (Å²) in [5, 5.41) is 13.2. The summed E-state index contributed by atoms with van der Waals surface area (Å²) >= 11 is 0. The normalized spacial score (nSPS) is 36.1. The molecule has 0 amide bonds. The molecule has 4 heteroatoms. The number of nitrogens with one attached hydrogen (secondary N) is 1. The van der Waals surface area contributed by atoms with Gasteiger partial charge in [0.15, 0.2) is 0 Å². The highest BCUT2D eigenvalue weighted by molar-refractivity contribution is 5.15. The van der Waals surface area contributed by atoms with Crippen molar-refractivity contribution < 1.29 is 0 Å². The topological polar surface area (TPSA) is 42.3 Å². The van der Waals surface area contributed by atoms with E-state index < -0.39 is 0 Å². The fourth-order valence-electron chi connectivity index (χ4n) is 3.88. The van der Waals surface area contributed by atoms with E-state index in [1.807, 2.05) is 0 Å². The van der Waals surface area contributed by atoms with E-state index in [1.54, 1.807) is 0 Å². The van der Waals surface area contributed by atoms with Crippen LogP contribution in [0, 0.1) is 11.3 Å². The molecule has 4 nitrogen and oxygen atoms in total. The summed E-state index contributed by atoms with van der Waals surface area (Å²) in [5.74, 6) is 0. The SMILES string of the molecule is CCCN1CCN(C2CCC(C#N)(NC3CC3)C2)CC1. The minimum absolute atomic E-state index is 0.216. The van der Waals surface area contributed by atoms with E-state index in [2.05, 4.69) is 28.1 Å². The third-order valence-corrected chi connectivity index (χ3v) is 5.22. The highest BCUT2D eigenvalue weighted by Gasteiger charge is 2.44. The van der Waals surface area contributed by atoms with Gasteiger partial charge in [0.1, 0.15) is 5.54 Å². The average molecular weight is 276 g/mol. The molecule has 2 aliphatic carbocycles. The molecular formula is C16H28N4. The Hall–Kier alpha value is -0.630. The summed E-state index contributed by atoms with van der Waals surface area (Å²) in [6, 6.07) is 3.86. The Morgan fingerprint density at radius 3 is 2.55 bits per heavy atom. The predicted molar refractivity (Wildman–Crippen MR) is 80.4 cm³/mol. The first-order valence-electron chi connectivity index (χ1n) is 8.40. The van der Waals surface area contributed by atoms with Crippen LogP contribution in [-0.2, 0) is 0 Å². The zero-order valence-electron chi connectivity index (χ0n) is 12.8. The van der Waals surface area contributed by atoms with Crippen molar-refractivity contribution in [2.45, 2.75) is 63.1 Å². The molecule has 3 fully saturated rings. The zero-order chi connectivity index (χ0) is 14.0. The summed E-state index contributed by atoms with van der Waals surface area (Å²) < 4.78 is 0. The lowest BCUT2D eigenvalue weighted by Gasteiger charge is -2.38. The molecule has 112 valence electrons. The van der Waals surface area contributed by atoms with Crippen molar-refractivity contribution in [1.29, 1.82) is 5.26 Å². The van der Waals surface area contributed by atoms with Gasteiger partial charge in [-0.1, -0.05) is 6.92 Å². The maximum absolute atomic E-state index is 9.58. The fourth-order valence-corrected chi connectivity index (χ4v) is 3.88. The smallest absolute Gasteiger partial charge is 0.108 e. The van der Waals surface area contributed by atoms with Gasteiger partial charge in [-0.15, -0.1) is 0 Å². The second-order valence-corrected chi connectivity index (χ2v) is 6.89. The quantitative estimate of drug-likeness (QED) is 0.828. The third-order valence-electron chi connectivity index (χ3n) is 5.22. The Balaban J connectivity index is 1.51. The first-order chi connectivity index (χ1) is 9.74. The molecule has 2 atom stereocenters. The van der Waals surface area contributed by atoms with Crippen molar-refractivity contribution in [1.82, 2.24) is 15.1 Å². The minimum atomic E-state index is -0.216. The molecule has 0 aromatic heterocycles. The van der Waals surface area contributed by atoms with Gasteiger partial charge >= 0.3 is 0 Å². The van der Waals surface area contributed by atoms with Crippen LogP contribution in [0.3, 0.4) is 0 Å². The number of hydrogen-bond acceptors (Lipinski definition) is 4. The summed E-state index contributed by atoms with van der Waals surface area (Å²) in [6.07, 6.45) is 7.06. The summed E-state index contributed by atoms with van der Waals surface area (Å²) in [4.78, 5) is 5.21. The Morgan fingerprint density at radius 1 is 1.20 bits per heavy atom. The summed E-state index contributed by atoms with van der Waals surface area (Å²) in [7, 11) is 0. The van der Waals surface area contributed by atoms with Crippen LogP contribution in [0.25, 0.3) is 0 Å². The molecule has 2 saturated carbocycles. The Kier molecular flexibility index (Phi) is 4.30. The molecule has 1 N–H and O–H groups in total. The molecule has 1 aliphatic heterocycles. The van der Waals surface area contributed by atoms with E-state index >= 15 is 0 Å². The maximum Gasteiger partial charge on any atom is 0.108 e. The van der Waals surface area contributed by atoms with Gasteiger partial charge in [-0.25, -0.2) is 0 Å². The van der Waals surface area contributed by atoms with Crippen LogP contribution in [0.2, 0.25) is 0 Å². The van der Waals surface area contributed by atoms with Crippen molar-refractivity contribution in [3.05, 3.63) is 0 Å². The van der Waals surface area contributed by atoms with E-state index in [0.29, 0.717) is 12.1 Å². The molecule has 1 heterocycles. The molecule has 0 aromatic carbocycles. The lowest BCUT2D eigenvalue weighted by atomic mass is 9.99. The predicted octanol–water partition coefficient (Wildman–Crippen LogP) is 1.58. The molecule has 0 bridgehead atoms. The van der Waals surface area contributed by atoms with Gasteiger partial charge in [0, 0.05) is 38.3 Å². The molecule has 0 spiro atoms. The van der Waals surface area contributed by atoms with Crippen LogP contribution < -0.4 is 5.32 Å². The van der Waals surface area contributed by atoms with E-state index in [9.17, 15) is 5.26 Å². The molecule has 0 radical (unpaired) electrons. The Labute approximate surface area is 123 Å². The summed E-state index contributed by atoms with van der Waals surface area (Å²) in [5.41, 5.74) is -0.216. The van der Waals surface area contributed by atoms with Gasteiger partial charge in [-0.2, -0.15) is 5.26 Å². The number of nitrogens with zero attached hydrogens (tertiary/aromatic N) is 3. The summed E-state index contributed by atoms with van der Waals surface area (Å²) in [6.45, 7) is 8.29. The first kappa shape index (κ1) is 14.3. The van der Waals surface area contributed by atoms with Crippen LogP contribution in [0.5, 0.6) is 0 Å². The van der Waals surface area contributed by atoms with Crippen molar-refractivity contribution in [3.63, 3.8) is 0 Å². The molecule has 3 rings (SSSR count). The molecule has 20 heavy (non-hydrogen) atoms. The van der Waals surface area contributed by atoms with Crippen LogP contribution in [0.4, 0.5) is 0 Å². The van der Waals surface area contributed by atoms with E-state index in [0.717, 1.165) is 12.8 Å². The minimum Gasteiger partial charge on any atom is -0.301 e. The number of piperazine rings is 1. The molecule has 3 aliphatic rings. The van der Waals surface area contributed by atoms with Crippen molar-refractivity contribution in [2.24, 2.45) is 0 Å². The third kappa shape index (κ3) is 3.16. The highest BCUT2D eigenvalue weighted by Crippen LogP contribution is 2.36. The van der Waals surface area contributed by atoms with Crippen LogP contribution in [0.15, 0.2) is 0 Å². The Morgan fingerprint density at radius 2 is 1.95 bits per heavy atom. The van der Waals surface area contributed by atoms with Gasteiger partial charge in [-0.3, -0.25) is 10.2 Å². The van der Waals surface area contributed by atoms with Crippen molar-refractivity contribution in [3.8, 4) is 6.07 Å². The largest absolute Gasteiger partial charge is 0.301 e. The van der Waals surface area contributed by atoms with Gasteiger partial charge in [0.25, 0.3) is 0 Å². The molecule has 0 aromatic rings. The van der Waals surface area contributed by atoms with Gasteiger partial charge < -0.3 is 4.90 Å². The molecule has 2 unspecified atom stereocenters. The lowest BCUT2D eigenvalue weighted by Crippen LogP contribution is -2.51. The van der Waals surface area contributed by atoms with E-state index in [4.69, 9.17) is 0 Å². The van der Waals surface area contributed by atoms with E-state index in [-0.39, 0.29) is 5.54 Å². The highest BCUT2D eigenvalue weighted by atomic mass is 15.3. The number of rotatable bonds is 5. The van der Waals surface area contributed by atoms with Crippen molar-refractivity contribution in [2.75, 3.05) is 32.7 Å². The second kappa shape index (κ2) is 6.01. The molecular weight excluding hydrogens is 248 g/mol. The van der Waals surface area contributed by atoms with Crippen LogP contribution >= 0.6 is 0 Å². The van der Waals surface area contributed by atoms with Crippen molar-refractivity contribution >= 4 is 0 Å². The lowest BCUT2D eigenvalue weighted by molar-refractivity contribution is 0.0957. The maximum atomic E-state index is 9.58. The second-order valence-electron chi connectivity index (χ2n) is 6.89. The zero-order valence-corrected chi connectivity index (χ0v) is 12.8. The monoisotopic (exact) mass is 276 g/mol. The average Bonchev–Trinajstić information content (AvgIpc) is 3.18. The van der Waals surface area contributed by atoms with Crippen LogP contribution in [-0.4, -0.2) is 60.1 Å². The van der Waals surface area contributed by atoms with Gasteiger partial charge in [0.05, 0.1) is 6.07 Å². The van der Waals surface area contributed by atoms with Gasteiger partial charge in [-0.05, 0) is 45.1 Å². The molecule has 1 saturated heterocycles.